The van der Waals surface area contributed by atoms with Gasteiger partial charge in [-0.15, -0.1) is 0 Å². The Morgan fingerprint density at radius 1 is 1.80 bits per heavy atom. The van der Waals surface area contributed by atoms with E-state index in [1.54, 1.807) is 6.26 Å². The van der Waals surface area contributed by atoms with Gasteiger partial charge in [-0.05, 0) is 6.42 Å². The SMILES string of the molecule is C[S+]([O-])CC1CC(Br)CO1. The smallest absolute Gasteiger partial charge is 0.131 e. The van der Waals surface area contributed by atoms with Crippen LogP contribution in [0.4, 0.5) is 0 Å². The number of alkyl halides is 1. The lowest BCUT2D eigenvalue weighted by Gasteiger charge is -2.09. The molecule has 1 aliphatic heterocycles. The molecule has 1 fully saturated rings. The number of halogens is 1. The lowest BCUT2D eigenvalue weighted by Crippen LogP contribution is -2.18. The lowest BCUT2D eigenvalue weighted by atomic mass is 10.3. The molecule has 0 saturated carbocycles. The Morgan fingerprint density at radius 2 is 2.50 bits per heavy atom. The number of ether oxygens (including phenoxy) is 1. The standard InChI is InChI=1S/C6H11BrO2S/c1-10(8)4-6-2-5(7)3-9-6/h5-6H,2-4H2,1H3. The molecule has 3 atom stereocenters. The summed E-state index contributed by atoms with van der Waals surface area (Å²) in [5, 5.41) is 0. The quantitative estimate of drug-likeness (QED) is 0.519. The molecule has 0 aliphatic carbocycles. The summed E-state index contributed by atoms with van der Waals surface area (Å²) in [6.07, 6.45) is 2.93. The zero-order valence-electron chi connectivity index (χ0n) is 5.88. The van der Waals surface area contributed by atoms with Crippen LogP contribution in [-0.2, 0) is 15.9 Å². The molecular weight excluding hydrogens is 216 g/mol. The van der Waals surface area contributed by atoms with Crippen molar-refractivity contribution in [3.63, 3.8) is 0 Å². The summed E-state index contributed by atoms with van der Waals surface area (Å²) in [6.45, 7) is 0.766. The first-order valence-corrected chi connectivity index (χ1v) is 5.88. The molecule has 0 N–H and O–H groups in total. The van der Waals surface area contributed by atoms with E-state index in [4.69, 9.17) is 4.74 Å². The maximum atomic E-state index is 10.7. The maximum absolute atomic E-state index is 10.7. The van der Waals surface area contributed by atoms with Crippen molar-refractivity contribution in [2.45, 2.75) is 17.4 Å². The van der Waals surface area contributed by atoms with Gasteiger partial charge in [-0.1, -0.05) is 27.1 Å². The summed E-state index contributed by atoms with van der Waals surface area (Å²) in [5.41, 5.74) is 0. The topological polar surface area (TPSA) is 32.3 Å². The minimum absolute atomic E-state index is 0.218. The van der Waals surface area contributed by atoms with E-state index in [9.17, 15) is 4.55 Å². The van der Waals surface area contributed by atoms with Gasteiger partial charge in [0.1, 0.15) is 11.9 Å². The highest BCUT2D eigenvalue weighted by Crippen LogP contribution is 2.20. The van der Waals surface area contributed by atoms with Crippen LogP contribution in [0.3, 0.4) is 0 Å². The van der Waals surface area contributed by atoms with E-state index in [-0.39, 0.29) is 6.10 Å². The van der Waals surface area contributed by atoms with Gasteiger partial charge in [0, 0.05) is 4.83 Å². The van der Waals surface area contributed by atoms with Gasteiger partial charge in [0.2, 0.25) is 0 Å². The van der Waals surface area contributed by atoms with Crippen LogP contribution in [0, 0.1) is 0 Å². The molecule has 1 rings (SSSR count). The summed E-state index contributed by atoms with van der Waals surface area (Å²) in [4.78, 5) is 0.473. The average molecular weight is 227 g/mol. The summed E-state index contributed by atoms with van der Waals surface area (Å²) >= 11 is 2.73. The molecule has 0 aromatic rings. The third-order valence-electron chi connectivity index (χ3n) is 1.45. The van der Waals surface area contributed by atoms with Crippen LogP contribution in [0.25, 0.3) is 0 Å². The maximum Gasteiger partial charge on any atom is 0.131 e. The first-order chi connectivity index (χ1) is 4.68. The first-order valence-electron chi connectivity index (χ1n) is 3.24. The molecule has 1 aliphatic rings. The minimum Gasteiger partial charge on any atom is -0.616 e. The van der Waals surface area contributed by atoms with Gasteiger partial charge in [-0.2, -0.15) is 0 Å². The second-order valence-electron chi connectivity index (χ2n) is 2.53. The number of rotatable bonds is 2. The van der Waals surface area contributed by atoms with E-state index in [1.165, 1.54) is 0 Å². The summed E-state index contributed by atoms with van der Waals surface area (Å²) in [5.74, 6) is 0.683. The van der Waals surface area contributed by atoms with Crippen molar-refractivity contribution >= 4 is 27.1 Å². The van der Waals surface area contributed by atoms with Crippen molar-refractivity contribution in [2.75, 3.05) is 18.6 Å². The number of hydrogen-bond acceptors (Lipinski definition) is 2. The molecule has 60 valence electrons. The second-order valence-corrected chi connectivity index (χ2v) is 5.30. The second kappa shape index (κ2) is 3.95. The molecule has 0 spiro atoms. The Morgan fingerprint density at radius 3 is 2.90 bits per heavy atom. The predicted octanol–water partition coefficient (Wildman–Crippen LogP) is 0.917. The van der Waals surface area contributed by atoms with Crippen LogP contribution in [0.2, 0.25) is 0 Å². The van der Waals surface area contributed by atoms with E-state index >= 15 is 0 Å². The van der Waals surface area contributed by atoms with Crippen molar-refractivity contribution in [2.24, 2.45) is 0 Å². The molecule has 0 amide bonds. The van der Waals surface area contributed by atoms with Crippen molar-refractivity contribution in [1.29, 1.82) is 0 Å². The fourth-order valence-electron chi connectivity index (χ4n) is 1.04. The summed E-state index contributed by atoms with van der Waals surface area (Å²) in [7, 11) is 0. The zero-order valence-corrected chi connectivity index (χ0v) is 8.28. The van der Waals surface area contributed by atoms with Crippen LogP contribution in [0.1, 0.15) is 6.42 Å². The molecule has 0 bridgehead atoms. The Labute approximate surface area is 72.6 Å². The average Bonchev–Trinajstić information content (AvgIpc) is 2.13. The van der Waals surface area contributed by atoms with Crippen LogP contribution < -0.4 is 0 Å². The van der Waals surface area contributed by atoms with Gasteiger partial charge >= 0.3 is 0 Å². The molecule has 3 unspecified atom stereocenters. The molecule has 0 radical (unpaired) electrons. The van der Waals surface area contributed by atoms with E-state index < -0.39 is 11.2 Å². The highest BCUT2D eigenvalue weighted by atomic mass is 79.9. The van der Waals surface area contributed by atoms with Crippen LogP contribution in [0.5, 0.6) is 0 Å². The minimum atomic E-state index is -0.716. The molecule has 1 heterocycles. The number of hydrogen-bond donors (Lipinski definition) is 0. The van der Waals surface area contributed by atoms with Gasteiger partial charge in [0.25, 0.3) is 0 Å². The molecule has 10 heavy (non-hydrogen) atoms. The van der Waals surface area contributed by atoms with Gasteiger partial charge in [-0.3, -0.25) is 0 Å². The van der Waals surface area contributed by atoms with E-state index in [0.717, 1.165) is 13.0 Å². The van der Waals surface area contributed by atoms with E-state index in [1.807, 2.05) is 0 Å². The summed E-state index contributed by atoms with van der Waals surface area (Å²) < 4.78 is 16.1. The molecule has 2 nitrogen and oxygen atoms in total. The van der Waals surface area contributed by atoms with Crippen molar-refractivity contribution in [1.82, 2.24) is 0 Å². The van der Waals surface area contributed by atoms with Gasteiger partial charge in [-0.25, -0.2) is 0 Å². The molecule has 0 aromatic carbocycles. The fourth-order valence-corrected chi connectivity index (χ4v) is 2.37. The van der Waals surface area contributed by atoms with Gasteiger partial charge < -0.3 is 9.29 Å². The largest absolute Gasteiger partial charge is 0.616 e. The van der Waals surface area contributed by atoms with Crippen LogP contribution in [-0.4, -0.2) is 34.1 Å². The van der Waals surface area contributed by atoms with Crippen molar-refractivity contribution in [3.8, 4) is 0 Å². The third-order valence-corrected chi connectivity index (χ3v) is 2.93. The molecule has 1 saturated heterocycles. The molecule has 0 aromatic heterocycles. The Bertz CT molecular complexity index is 110. The van der Waals surface area contributed by atoms with Crippen molar-refractivity contribution < 1.29 is 9.29 Å². The molecular formula is C6H11BrO2S. The summed E-state index contributed by atoms with van der Waals surface area (Å²) in [6, 6.07) is 0. The van der Waals surface area contributed by atoms with Crippen molar-refractivity contribution in [3.05, 3.63) is 0 Å². The Kier molecular flexibility index (Phi) is 3.49. The highest BCUT2D eigenvalue weighted by molar-refractivity contribution is 9.09. The van der Waals surface area contributed by atoms with Gasteiger partial charge in [0.15, 0.2) is 0 Å². The van der Waals surface area contributed by atoms with Crippen LogP contribution >= 0.6 is 15.9 Å². The monoisotopic (exact) mass is 226 g/mol. The Balaban J connectivity index is 2.18. The molecule has 4 heteroatoms. The van der Waals surface area contributed by atoms with Crippen LogP contribution in [0.15, 0.2) is 0 Å². The van der Waals surface area contributed by atoms with E-state index in [2.05, 4.69) is 15.9 Å². The third kappa shape index (κ3) is 2.78. The normalized spacial score (nSPS) is 36.3. The first kappa shape index (κ1) is 8.84. The zero-order chi connectivity index (χ0) is 7.56. The van der Waals surface area contributed by atoms with Gasteiger partial charge in [0.05, 0.1) is 12.9 Å². The fraction of sp³-hybridized carbons (Fsp3) is 1.00. The highest BCUT2D eigenvalue weighted by Gasteiger charge is 2.25. The Hall–Kier alpha value is 0.750. The predicted molar refractivity (Wildman–Crippen MR) is 46.0 cm³/mol. The van der Waals surface area contributed by atoms with E-state index in [0.29, 0.717) is 10.6 Å². The lowest BCUT2D eigenvalue weighted by molar-refractivity contribution is 0.128.